The predicted molar refractivity (Wildman–Crippen MR) is 169 cm³/mol. The van der Waals surface area contributed by atoms with Crippen LogP contribution in [0.25, 0.3) is 22.4 Å². The molecular weight excluding hydrogens is 584 g/mol. The number of benzene rings is 1. The number of aryl methyl sites for hydroxylation is 1. The van der Waals surface area contributed by atoms with Crippen LogP contribution in [0, 0.1) is 18.3 Å². The number of carbonyl (C=O) groups excluding carboxylic acids is 1. The Hall–Kier alpha value is -5.97. The highest BCUT2D eigenvalue weighted by Crippen LogP contribution is 2.29. The Morgan fingerprint density at radius 1 is 1.00 bits per heavy atom. The first kappa shape index (κ1) is 30.1. The SMILES string of the molecule is COc1ncc(-c2cnc(N(C(=O)NCc3ccccc3)[C@H]3CC[C@H](Nc4ncc(C#N)c(-c5c[nH]nc5C)n4)CC3)nc2)cn1. The summed E-state index contributed by atoms with van der Waals surface area (Å²) in [5, 5.41) is 23.1. The molecular formula is C32H32N12O2. The lowest BCUT2D eigenvalue weighted by Crippen LogP contribution is -2.49. The van der Waals surface area contributed by atoms with Crippen molar-refractivity contribution in [3.05, 3.63) is 84.3 Å². The molecule has 0 radical (unpaired) electrons. The standard InChI is InChI=1S/C32H32N12O2/c1-20-27(19-40-43-20)28-22(12-33)14-34-29(42-28)41-25-8-10-26(11-9-25)44(32(45)39-13-21-6-4-3-5-7-21)30-35-15-23(16-36-30)24-17-37-31(46-2)38-18-24/h3-7,14-19,25-26H,8-11,13H2,1-2H3,(H,39,45)(H,40,43)(H,34,41,42)/t25-,26-. The number of hydrogen-bond acceptors (Lipinski definition) is 11. The van der Waals surface area contributed by atoms with Gasteiger partial charge in [0.05, 0.1) is 30.3 Å². The second-order valence-electron chi connectivity index (χ2n) is 10.8. The molecule has 0 bridgehead atoms. The van der Waals surface area contributed by atoms with Gasteiger partial charge in [-0.3, -0.25) is 10.00 Å². The van der Waals surface area contributed by atoms with E-state index >= 15 is 0 Å². The molecule has 0 spiro atoms. The average Bonchev–Trinajstić information content (AvgIpc) is 3.54. The number of aromatic amines is 1. The van der Waals surface area contributed by atoms with Crippen LogP contribution < -0.4 is 20.3 Å². The van der Waals surface area contributed by atoms with Gasteiger partial charge in [-0.15, -0.1) is 0 Å². The third kappa shape index (κ3) is 6.73. The van der Waals surface area contributed by atoms with Crippen molar-refractivity contribution >= 4 is 17.9 Å². The molecule has 6 rings (SSSR count). The van der Waals surface area contributed by atoms with Gasteiger partial charge in [-0.1, -0.05) is 30.3 Å². The largest absolute Gasteiger partial charge is 0.467 e. The van der Waals surface area contributed by atoms with Gasteiger partial charge in [-0.25, -0.2) is 34.7 Å². The van der Waals surface area contributed by atoms with Gasteiger partial charge < -0.3 is 15.4 Å². The molecule has 1 aliphatic rings. The summed E-state index contributed by atoms with van der Waals surface area (Å²) in [7, 11) is 1.51. The first-order chi connectivity index (χ1) is 22.5. The normalized spacial score (nSPS) is 15.8. The fourth-order valence-corrected chi connectivity index (χ4v) is 5.44. The quantitative estimate of drug-likeness (QED) is 0.213. The fraction of sp³-hybridized carbons (Fsp3) is 0.281. The maximum absolute atomic E-state index is 13.7. The summed E-state index contributed by atoms with van der Waals surface area (Å²) in [6.45, 7) is 2.23. The van der Waals surface area contributed by atoms with Crippen LogP contribution in [0.1, 0.15) is 42.5 Å². The van der Waals surface area contributed by atoms with Crippen molar-refractivity contribution in [2.24, 2.45) is 0 Å². The molecule has 1 aromatic carbocycles. The molecule has 0 atom stereocenters. The summed E-state index contributed by atoms with van der Waals surface area (Å²) in [4.78, 5) is 41.9. The number of hydrogen-bond donors (Lipinski definition) is 3. The van der Waals surface area contributed by atoms with E-state index in [2.05, 4.69) is 56.8 Å². The number of ether oxygens (including phenoxy) is 1. The Bertz CT molecular complexity index is 1810. The Labute approximate surface area is 265 Å². The zero-order chi connectivity index (χ0) is 31.9. The minimum absolute atomic E-state index is 0.0788. The van der Waals surface area contributed by atoms with E-state index in [4.69, 9.17) is 4.74 Å². The minimum Gasteiger partial charge on any atom is -0.467 e. The number of nitrogens with one attached hydrogen (secondary N) is 3. The van der Waals surface area contributed by atoms with E-state index in [-0.39, 0.29) is 24.1 Å². The first-order valence-electron chi connectivity index (χ1n) is 14.9. The van der Waals surface area contributed by atoms with Crippen molar-refractivity contribution in [2.45, 2.75) is 51.2 Å². The van der Waals surface area contributed by atoms with Crippen molar-refractivity contribution in [1.29, 1.82) is 5.26 Å². The molecule has 1 aliphatic carbocycles. The molecule has 0 aliphatic heterocycles. The molecule has 0 saturated heterocycles. The summed E-state index contributed by atoms with van der Waals surface area (Å²) < 4.78 is 5.05. The molecule has 3 N–H and O–H groups in total. The fourth-order valence-electron chi connectivity index (χ4n) is 5.44. The summed E-state index contributed by atoms with van der Waals surface area (Å²) >= 11 is 0. The highest BCUT2D eigenvalue weighted by atomic mass is 16.5. The highest BCUT2D eigenvalue weighted by Gasteiger charge is 2.32. The van der Waals surface area contributed by atoms with Gasteiger partial charge >= 0.3 is 12.0 Å². The highest BCUT2D eigenvalue weighted by molar-refractivity contribution is 5.90. The lowest BCUT2D eigenvalue weighted by molar-refractivity contribution is 0.240. The molecule has 5 aromatic rings. The van der Waals surface area contributed by atoms with Crippen LogP contribution in [-0.4, -0.2) is 65.3 Å². The van der Waals surface area contributed by atoms with Crippen LogP contribution in [0.15, 0.2) is 67.5 Å². The summed E-state index contributed by atoms with van der Waals surface area (Å²) in [6, 6.07) is 11.9. The molecule has 14 heteroatoms. The van der Waals surface area contributed by atoms with E-state index in [1.165, 1.54) is 13.3 Å². The van der Waals surface area contributed by atoms with E-state index in [1.807, 2.05) is 37.3 Å². The van der Waals surface area contributed by atoms with Crippen molar-refractivity contribution < 1.29 is 9.53 Å². The number of carbonyl (C=O) groups is 1. The minimum atomic E-state index is -0.267. The third-order valence-corrected chi connectivity index (χ3v) is 7.89. The molecule has 232 valence electrons. The van der Waals surface area contributed by atoms with Crippen LogP contribution in [-0.2, 0) is 6.54 Å². The Balaban J connectivity index is 1.17. The zero-order valence-electron chi connectivity index (χ0n) is 25.4. The third-order valence-electron chi connectivity index (χ3n) is 7.89. The molecule has 2 amide bonds. The van der Waals surface area contributed by atoms with Gasteiger partial charge in [0.15, 0.2) is 0 Å². The molecule has 0 unspecified atom stereocenters. The Kier molecular flexibility index (Phi) is 9.00. The van der Waals surface area contributed by atoms with Crippen molar-refractivity contribution in [2.75, 3.05) is 17.3 Å². The van der Waals surface area contributed by atoms with Crippen LogP contribution >= 0.6 is 0 Å². The summed E-state index contributed by atoms with van der Waals surface area (Å²) in [6.07, 6.45) is 12.8. The number of nitriles is 1. The number of amides is 2. The molecule has 4 aromatic heterocycles. The number of nitrogens with zero attached hydrogens (tertiary/aromatic N) is 9. The van der Waals surface area contributed by atoms with Crippen molar-refractivity contribution in [3.63, 3.8) is 0 Å². The van der Waals surface area contributed by atoms with Crippen LogP contribution in [0.5, 0.6) is 6.01 Å². The summed E-state index contributed by atoms with van der Waals surface area (Å²) in [5.74, 6) is 0.757. The second-order valence-corrected chi connectivity index (χ2v) is 10.8. The maximum Gasteiger partial charge on any atom is 0.324 e. The average molecular weight is 617 g/mol. The van der Waals surface area contributed by atoms with Crippen LogP contribution in [0.3, 0.4) is 0 Å². The number of H-pyrrole nitrogens is 1. The lowest BCUT2D eigenvalue weighted by Gasteiger charge is -2.35. The van der Waals surface area contributed by atoms with Gasteiger partial charge in [-0.05, 0) is 38.2 Å². The number of anilines is 2. The molecule has 4 heterocycles. The van der Waals surface area contributed by atoms with Crippen LogP contribution in [0.2, 0.25) is 0 Å². The topological polar surface area (TPSA) is 183 Å². The lowest BCUT2D eigenvalue weighted by atomic mass is 9.90. The maximum atomic E-state index is 13.7. The van der Waals surface area contributed by atoms with Gasteiger partial charge in [-0.2, -0.15) is 10.4 Å². The monoisotopic (exact) mass is 616 g/mol. The molecule has 14 nitrogen and oxygen atoms in total. The van der Waals surface area contributed by atoms with E-state index in [9.17, 15) is 10.1 Å². The molecule has 1 fully saturated rings. The van der Waals surface area contributed by atoms with Gasteiger partial charge in [0.2, 0.25) is 11.9 Å². The van der Waals surface area contributed by atoms with E-state index in [0.29, 0.717) is 42.5 Å². The van der Waals surface area contributed by atoms with Crippen molar-refractivity contribution in [3.8, 4) is 34.5 Å². The number of rotatable bonds is 9. The van der Waals surface area contributed by atoms with E-state index in [0.717, 1.165) is 40.8 Å². The second kappa shape index (κ2) is 13.8. The molecule has 1 saturated carbocycles. The van der Waals surface area contributed by atoms with Gasteiger partial charge in [0.25, 0.3) is 0 Å². The van der Waals surface area contributed by atoms with Crippen molar-refractivity contribution in [1.82, 2.24) is 45.4 Å². The predicted octanol–water partition coefficient (Wildman–Crippen LogP) is 4.44. The van der Waals surface area contributed by atoms with E-state index in [1.54, 1.807) is 35.9 Å². The van der Waals surface area contributed by atoms with Crippen LogP contribution in [0.4, 0.5) is 16.7 Å². The first-order valence-corrected chi connectivity index (χ1v) is 14.9. The number of aromatic nitrogens is 8. The van der Waals surface area contributed by atoms with Gasteiger partial charge in [0, 0.05) is 66.3 Å². The van der Waals surface area contributed by atoms with E-state index < -0.39 is 0 Å². The zero-order valence-corrected chi connectivity index (χ0v) is 25.4. The number of methoxy groups -OCH3 is 1. The number of urea groups is 1. The Morgan fingerprint density at radius 2 is 1.70 bits per heavy atom. The smallest absolute Gasteiger partial charge is 0.324 e. The van der Waals surface area contributed by atoms with Gasteiger partial charge in [0.1, 0.15) is 6.07 Å². The Morgan fingerprint density at radius 3 is 2.33 bits per heavy atom. The summed E-state index contributed by atoms with van der Waals surface area (Å²) in [5.41, 5.74) is 4.86. The molecule has 46 heavy (non-hydrogen) atoms.